The van der Waals surface area contributed by atoms with Crippen LogP contribution in [-0.4, -0.2) is 42.2 Å². The molecule has 4 atom stereocenters. The number of fused-ring (bicyclic) bond motifs is 5. The van der Waals surface area contributed by atoms with E-state index in [-0.39, 0.29) is 48.7 Å². The zero-order valence-electron chi connectivity index (χ0n) is 15.2. The second-order valence-corrected chi connectivity index (χ2v) is 7.92. The fourth-order valence-electron chi connectivity index (χ4n) is 4.21. The van der Waals surface area contributed by atoms with Crippen molar-refractivity contribution in [2.24, 2.45) is 28.8 Å². The van der Waals surface area contributed by atoms with Crippen molar-refractivity contribution in [2.45, 2.75) is 13.3 Å². The van der Waals surface area contributed by atoms with E-state index in [2.05, 4.69) is 21.0 Å². The predicted octanol–water partition coefficient (Wildman–Crippen LogP) is 2.53. The maximum absolute atomic E-state index is 12.7. The second-order valence-electron chi connectivity index (χ2n) is 7.01. The first-order chi connectivity index (χ1) is 13.5. The molecule has 0 N–H and O–H groups in total. The molecule has 2 aliphatic carbocycles. The lowest BCUT2D eigenvalue weighted by Gasteiger charge is -2.13. The lowest BCUT2D eigenvalue weighted by molar-refractivity contribution is -0.145. The molecule has 2 fully saturated rings. The van der Waals surface area contributed by atoms with Gasteiger partial charge in [0.05, 0.1) is 24.7 Å². The Bertz CT molecular complexity index is 867. The van der Waals surface area contributed by atoms with Crippen LogP contribution in [0.5, 0.6) is 5.75 Å². The summed E-state index contributed by atoms with van der Waals surface area (Å²) in [5, 5.41) is 5.15. The molecule has 1 heterocycles. The summed E-state index contributed by atoms with van der Waals surface area (Å²) in [6.07, 6.45) is 6.37. The molecule has 1 aromatic carbocycles. The highest BCUT2D eigenvalue weighted by Gasteiger charge is 2.59. The molecule has 8 heteroatoms. The number of hydrazone groups is 1. The Labute approximate surface area is 170 Å². The first-order valence-corrected chi connectivity index (χ1v) is 9.97. The highest BCUT2D eigenvalue weighted by atomic mass is 79.9. The molecule has 1 saturated heterocycles. The molecule has 7 nitrogen and oxygen atoms in total. The van der Waals surface area contributed by atoms with E-state index in [1.807, 2.05) is 12.2 Å². The molecule has 2 amide bonds. The van der Waals surface area contributed by atoms with Gasteiger partial charge < -0.3 is 9.47 Å². The summed E-state index contributed by atoms with van der Waals surface area (Å²) in [6.45, 7) is 1.75. The first-order valence-electron chi connectivity index (χ1n) is 9.17. The van der Waals surface area contributed by atoms with Crippen LogP contribution in [0, 0.1) is 23.7 Å². The zero-order valence-corrected chi connectivity index (χ0v) is 16.8. The molecule has 146 valence electrons. The number of benzene rings is 1. The lowest BCUT2D eigenvalue weighted by atomic mass is 9.85. The molecular formula is C20H19BrN2O5. The third-order valence-corrected chi connectivity index (χ3v) is 5.88. The Morgan fingerprint density at radius 3 is 2.57 bits per heavy atom. The number of hydrogen-bond acceptors (Lipinski definition) is 6. The minimum atomic E-state index is -0.478. The van der Waals surface area contributed by atoms with Crippen molar-refractivity contribution in [2.75, 3.05) is 13.2 Å². The molecule has 4 rings (SSSR count). The number of esters is 1. The van der Waals surface area contributed by atoms with Crippen molar-refractivity contribution in [1.29, 1.82) is 0 Å². The van der Waals surface area contributed by atoms with Crippen LogP contribution in [0.15, 0.2) is 39.9 Å². The van der Waals surface area contributed by atoms with Crippen molar-refractivity contribution in [3.63, 3.8) is 0 Å². The Morgan fingerprint density at radius 2 is 1.93 bits per heavy atom. The molecule has 3 aliphatic rings. The standard InChI is InChI=1S/C20H19BrN2O5/c1-2-27-16(24)10-28-15-6-5-14(21)8-13(15)9-22-23-19(25)17-11-3-4-12(7-11)18(17)20(23)26/h3-6,8-9,11-12,17-18H,2,7,10H2,1H3/t11-,12-,17-,18+/m0/s1. The fraction of sp³-hybridized carbons (Fsp3) is 0.400. The van der Waals surface area contributed by atoms with Crippen molar-refractivity contribution < 1.29 is 23.9 Å². The average Bonchev–Trinajstić information content (AvgIpc) is 3.34. The zero-order chi connectivity index (χ0) is 19.8. The Morgan fingerprint density at radius 1 is 1.25 bits per heavy atom. The van der Waals surface area contributed by atoms with E-state index in [0.29, 0.717) is 11.3 Å². The maximum atomic E-state index is 12.7. The van der Waals surface area contributed by atoms with Crippen molar-refractivity contribution in [3.05, 3.63) is 40.4 Å². The third kappa shape index (κ3) is 3.26. The van der Waals surface area contributed by atoms with E-state index in [1.54, 1.807) is 25.1 Å². The minimum Gasteiger partial charge on any atom is -0.481 e. The van der Waals surface area contributed by atoms with Crippen LogP contribution in [0.1, 0.15) is 18.9 Å². The van der Waals surface area contributed by atoms with Crippen LogP contribution in [0.4, 0.5) is 0 Å². The van der Waals surface area contributed by atoms with Crippen LogP contribution in [0.25, 0.3) is 0 Å². The number of nitrogens with zero attached hydrogens (tertiary/aromatic N) is 2. The maximum Gasteiger partial charge on any atom is 0.344 e. The fourth-order valence-corrected chi connectivity index (χ4v) is 4.59. The number of hydrogen-bond donors (Lipinski definition) is 0. The van der Waals surface area contributed by atoms with Gasteiger partial charge in [0.1, 0.15) is 5.75 Å². The third-order valence-electron chi connectivity index (χ3n) is 5.38. The molecule has 0 unspecified atom stereocenters. The topological polar surface area (TPSA) is 85.3 Å². The predicted molar refractivity (Wildman–Crippen MR) is 103 cm³/mol. The Balaban J connectivity index is 1.52. The molecule has 28 heavy (non-hydrogen) atoms. The first kappa shape index (κ1) is 18.9. The molecule has 1 aromatic rings. The van der Waals surface area contributed by atoms with Gasteiger partial charge in [-0.05, 0) is 43.4 Å². The van der Waals surface area contributed by atoms with Crippen LogP contribution in [0.2, 0.25) is 0 Å². The van der Waals surface area contributed by atoms with Gasteiger partial charge in [-0.1, -0.05) is 28.1 Å². The van der Waals surface area contributed by atoms with Crippen LogP contribution in [0.3, 0.4) is 0 Å². The van der Waals surface area contributed by atoms with Crippen LogP contribution >= 0.6 is 15.9 Å². The molecular weight excluding hydrogens is 428 g/mol. The van der Waals surface area contributed by atoms with Crippen LogP contribution < -0.4 is 4.74 Å². The summed E-state index contributed by atoms with van der Waals surface area (Å²) in [6, 6.07) is 5.18. The van der Waals surface area contributed by atoms with Gasteiger partial charge in [-0.3, -0.25) is 9.59 Å². The highest BCUT2D eigenvalue weighted by Crippen LogP contribution is 2.52. The normalized spacial score (nSPS) is 27.7. The van der Waals surface area contributed by atoms with Crippen molar-refractivity contribution >= 4 is 39.9 Å². The number of carbonyl (C=O) groups excluding carboxylic acids is 3. The van der Waals surface area contributed by atoms with Gasteiger partial charge in [0.15, 0.2) is 6.61 Å². The molecule has 1 saturated carbocycles. The second kappa shape index (κ2) is 7.50. The summed E-state index contributed by atoms with van der Waals surface area (Å²) < 4.78 is 11.1. The van der Waals surface area contributed by atoms with E-state index in [0.717, 1.165) is 15.9 Å². The number of carbonyl (C=O) groups is 3. The van der Waals surface area contributed by atoms with Gasteiger partial charge >= 0.3 is 5.97 Å². The summed E-state index contributed by atoms with van der Waals surface area (Å²) in [4.78, 5) is 36.9. The Kier molecular flexibility index (Phi) is 5.05. The van der Waals surface area contributed by atoms with Gasteiger partial charge in [-0.25, -0.2) is 4.79 Å². The summed E-state index contributed by atoms with van der Waals surface area (Å²) in [7, 11) is 0. The van der Waals surface area contributed by atoms with E-state index >= 15 is 0 Å². The van der Waals surface area contributed by atoms with Gasteiger partial charge in [-0.2, -0.15) is 10.1 Å². The van der Waals surface area contributed by atoms with Gasteiger partial charge in [0.25, 0.3) is 11.8 Å². The molecule has 0 aromatic heterocycles. The summed E-state index contributed by atoms with van der Waals surface area (Å²) in [5.41, 5.74) is 0.539. The van der Waals surface area contributed by atoms with E-state index in [9.17, 15) is 14.4 Å². The van der Waals surface area contributed by atoms with Crippen molar-refractivity contribution in [1.82, 2.24) is 5.01 Å². The molecule has 0 spiro atoms. The molecule has 2 bridgehead atoms. The molecule has 0 radical (unpaired) electrons. The lowest BCUT2D eigenvalue weighted by Crippen LogP contribution is -2.28. The smallest absolute Gasteiger partial charge is 0.344 e. The largest absolute Gasteiger partial charge is 0.481 e. The minimum absolute atomic E-state index is 0.140. The summed E-state index contributed by atoms with van der Waals surface area (Å²) in [5.74, 6) is -0.861. The van der Waals surface area contributed by atoms with Crippen LogP contribution in [-0.2, 0) is 19.1 Å². The number of allylic oxidation sites excluding steroid dienone is 2. The SMILES string of the molecule is CCOC(=O)COc1ccc(Br)cc1C=NN1C(=O)[C@@H]2[C@H](C1=O)[C@H]1C=C[C@H]2C1. The number of halogens is 1. The highest BCUT2D eigenvalue weighted by molar-refractivity contribution is 9.10. The number of amides is 2. The quantitative estimate of drug-likeness (QED) is 0.290. The monoisotopic (exact) mass is 446 g/mol. The van der Waals surface area contributed by atoms with Gasteiger partial charge in [-0.15, -0.1) is 0 Å². The van der Waals surface area contributed by atoms with E-state index < -0.39 is 5.97 Å². The van der Waals surface area contributed by atoms with Crippen molar-refractivity contribution in [3.8, 4) is 5.75 Å². The summed E-state index contributed by atoms with van der Waals surface area (Å²) >= 11 is 3.38. The number of imide groups is 1. The molecule has 1 aliphatic heterocycles. The van der Waals surface area contributed by atoms with Gasteiger partial charge in [0.2, 0.25) is 0 Å². The van der Waals surface area contributed by atoms with E-state index in [4.69, 9.17) is 9.47 Å². The van der Waals surface area contributed by atoms with E-state index in [1.165, 1.54) is 6.21 Å². The Hall–Kier alpha value is -2.48. The average molecular weight is 447 g/mol. The number of rotatable bonds is 6. The number of ether oxygens (including phenoxy) is 2. The van der Waals surface area contributed by atoms with Gasteiger partial charge in [0, 0.05) is 10.0 Å².